The van der Waals surface area contributed by atoms with E-state index in [2.05, 4.69) is 54.6 Å². The van der Waals surface area contributed by atoms with E-state index in [1.54, 1.807) is 0 Å². The summed E-state index contributed by atoms with van der Waals surface area (Å²) in [5, 5.41) is 12.2. The van der Waals surface area contributed by atoms with Crippen molar-refractivity contribution in [2.24, 2.45) is 5.92 Å². The number of amides is 2. The van der Waals surface area contributed by atoms with Crippen molar-refractivity contribution in [2.75, 3.05) is 40.4 Å². The predicted octanol–water partition coefficient (Wildman–Crippen LogP) is 1.92. The monoisotopic (exact) mass is 401 g/mol. The normalized spacial score (nSPS) is 31.0. The van der Waals surface area contributed by atoms with Crippen molar-refractivity contribution < 1.29 is 19.4 Å². The Hall–Kier alpha value is -2.12. The number of urea groups is 1. The van der Waals surface area contributed by atoms with Crippen molar-refractivity contribution in [2.45, 2.75) is 42.7 Å². The van der Waals surface area contributed by atoms with E-state index >= 15 is 0 Å². The van der Waals surface area contributed by atoms with Crippen molar-refractivity contribution in [3.63, 3.8) is 0 Å². The maximum Gasteiger partial charge on any atom is 0.323 e. The lowest BCUT2D eigenvalue weighted by molar-refractivity contribution is -0.137. The minimum Gasteiger partial charge on any atom is -0.480 e. The van der Waals surface area contributed by atoms with E-state index < -0.39 is 5.97 Å². The molecule has 1 spiro atoms. The molecule has 2 aliphatic heterocycles. The first-order valence-corrected chi connectivity index (χ1v) is 10.4. The Bertz CT molecular complexity index is 755. The number of nitrogens with zero attached hydrogens (tertiary/aromatic N) is 2. The first-order chi connectivity index (χ1) is 13.9. The summed E-state index contributed by atoms with van der Waals surface area (Å²) in [5.41, 5.74) is 1.03. The lowest BCUT2D eigenvalue weighted by Crippen LogP contribution is -2.61. The number of ether oxygens (including phenoxy) is 1. The van der Waals surface area contributed by atoms with E-state index in [9.17, 15) is 9.59 Å². The molecule has 1 aromatic rings. The van der Waals surface area contributed by atoms with Gasteiger partial charge in [-0.2, -0.15) is 0 Å². The van der Waals surface area contributed by atoms with Gasteiger partial charge in [0.15, 0.2) is 0 Å². The van der Waals surface area contributed by atoms with Gasteiger partial charge in [0.25, 0.3) is 0 Å². The molecule has 158 valence electrons. The second-order valence-electron chi connectivity index (χ2n) is 9.19. The molecule has 1 saturated carbocycles. The van der Waals surface area contributed by atoms with Crippen molar-refractivity contribution in [1.29, 1.82) is 0 Å². The fourth-order valence-corrected chi connectivity index (χ4v) is 5.86. The molecule has 1 atom stereocenters. The van der Waals surface area contributed by atoms with Crippen LogP contribution in [0.4, 0.5) is 4.79 Å². The number of carbonyl (C=O) groups is 2. The van der Waals surface area contributed by atoms with E-state index in [1.807, 2.05) is 0 Å². The third kappa shape index (κ3) is 3.62. The van der Waals surface area contributed by atoms with Gasteiger partial charge in [0.2, 0.25) is 0 Å². The van der Waals surface area contributed by atoms with Crippen LogP contribution >= 0.6 is 0 Å². The molecule has 7 heteroatoms. The fourth-order valence-electron chi connectivity index (χ4n) is 5.86. The van der Waals surface area contributed by atoms with Gasteiger partial charge in [0, 0.05) is 23.9 Å². The molecule has 2 N–H and O–H groups in total. The first kappa shape index (κ1) is 20.2. The summed E-state index contributed by atoms with van der Waals surface area (Å²) in [7, 11) is 4.31. The Kier molecular flexibility index (Phi) is 5.29. The van der Waals surface area contributed by atoms with Crippen LogP contribution in [0.2, 0.25) is 0 Å². The number of benzene rings is 1. The molecule has 2 saturated heterocycles. The second-order valence-corrected chi connectivity index (χ2v) is 9.19. The summed E-state index contributed by atoms with van der Waals surface area (Å²) in [6, 6.07) is 10.9. The van der Waals surface area contributed by atoms with Crippen LogP contribution in [-0.2, 0) is 14.9 Å². The van der Waals surface area contributed by atoms with E-state index in [1.165, 1.54) is 10.5 Å². The van der Waals surface area contributed by atoms with Gasteiger partial charge in [0.05, 0.1) is 18.8 Å². The number of hydrogen-bond acceptors (Lipinski definition) is 4. The molecule has 3 fully saturated rings. The summed E-state index contributed by atoms with van der Waals surface area (Å²) in [5.74, 6) is -0.467. The van der Waals surface area contributed by atoms with Gasteiger partial charge in [-0.1, -0.05) is 30.3 Å². The fraction of sp³-hybridized carbons (Fsp3) is 0.636. The zero-order valence-corrected chi connectivity index (χ0v) is 17.3. The molecule has 0 radical (unpaired) electrons. The topological polar surface area (TPSA) is 82.1 Å². The minimum absolute atomic E-state index is 0.00456. The molecule has 1 unspecified atom stereocenters. The van der Waals surface area contributed by atoms with Crippen LogP contribution in [-0.4, -0.2) is 78.9 Å². The van der Waals surface area contributed by atoms with Gasteiger partial charge < -0.3 is 25.0 Å². The van der Waals surface area contributed by atoms with Crippen LogP contribution in [0.25, 0.3) is 0 Å². The highest BCUT2D eigenvalue weighted by atomic mass is 16.5. The molecule has 4 rings (SSSR count). The first-order valence-electron chi connectivity index (χ1n) is 10.4. The van der Waals surface area contributed by atoms with Crippen LogP contribution in [0.15, 0.2) is 30.3 Å². The SMILES string of the molecule is CN(C)C(C1COC1)C1(c2ccccc2)CCC2(CC1)CN(CC(=O)O)C(=O)N2. The van der Waals surface area contributed by atoms with E-state index in [0.29, 0.717) is 18.5 Å². The van der Waals surface area contributed by atoms with Crippen LogP contribution in [0.1, 0.15) is 31.2 Å². The summed E-state index contributed by atoms with van der Waals surface area (Å²) in [6.07, 6.45) is 3.61. The molecule has 7 nitrogen and oxygen atoms in total. The molecule has 1 aliphatic carbocycles. The zero-order chi connectivity index (χ0) is 20.6. The number of hydrogen-bond donors (Lipinski definition) is 2. The van der Waals surface area contributed by atoms with E-state index in [4.69, 9.17) is 9.84 Å². The predicted molar refractivity (Wildman–Crippen MR) is 109 cm³/mol. The Labute approximate surface area is 172 Å². The number of carboxylic acid groups (broad SMARTS) is 1. The van der Waals surface area contributed by atoms with Crippen LogP contribution in [0.3, 0.4) is 0 Å². The Morgan fingerprint density at radius 1 is 1.24 bits per heavy atom. The maximum atomic E-state index is 12.3. The lowest BCUT2D eigenvalue weighted by atomic mass is 9.58. The van der Waals surface area contributed by atoms with Crippen molar-refractivity contribution in [3.05, 3.63) is 35.9 Å². The quantitative estimate of drug-likeness (QED) is 0.761. The molecule has 29 heavy (non-hydrogen) atoms. The van der Waals surface area contributed by atoms with Crippen LogP contribution in [0, 0.1) is 5.92 Å². The molecule has 1 aromatic carbocycles. The number of likely N-dealkylation sites (N-methyl/N-ethyl adjacent to an activating group) is 1. The number of rotatable bonds is 6. The van der Waals surface area contributed by atoms with E-state index in [-0.39, 0.29) is 23.5 Å². The average molecular weight is 402 g/mol. The number of nitrogens with one attached hydrogen (secondary N) is 1. The Morgan fingerprint density at radius 3 is 2.41 bits per heavy atom. The van der Waals surface area contributed by atoms with Gasteiger partial charge in [-0.3, -0.25) is 4.79 Å². The van der Waals surface area contributed by atoms with Gasteiger partial charge in [-0.15, -0.1) is 0 Å². The number of aliphatic carboxylic acids is 1. The molecule has 0 aromatic heterocycles. The molecular formula is C22H31N3O4. The Morgan fingerprint density at radius 2 is 1.90 bits per heavy atom. The average Bonchev–Trinajstić information content (AvgIpc) is 2.94. The molecular weight excluding hydrogens is 370 g/mol. The van der Waals surface area contributed by atoms with Gasteiger partial charge in [-0.25, -0.2) is 4.79 Å². The van der Waals surface area contributed by atoms with Crippen LogP contribution in [0.5, 0.6) is 0 Å². The third-order valence-corrected chi connectivity index (χ3v) is 7.16. The van der Waals surface area contributed by atoms with Crippen molar-refractivity contribution in [3.8, 4) is 0 Å². The number of carbonyl (C=O) groups excluding carboxylic acids is 1. The second kappa shape index (κ2) is 7.61. The highest BCUT2D eigenvalue weighted by Crippen LogP contribution is 2.50. The van der Waals surface area contributed by atoms with Gasteiger partial charge in [-0.05, 0) is 45.3 Å². The summed E-state index contributed by atoms with van der Waals surface area (Å²) in [4.78, 5) is 27.2. The smallest absolute Gasteiger partial charge is 0.323 e. The van der Waals surface area contributed by atoms with Crippen LogP contribution < -0.4 is 5.32 Å². The highest BCUT2D eigenvalue weighted by molar-refractivity contribution is 5.82. The summed E-state index contributed by atoms with van der Waals surface area (Å²) in [6.45, 7) is 1.83. The highest BCUT2D eigenvalue weighted by Gasteiger charge is 2.54. The minimum atomic E-state index is -0.968. The lowest BCUT2D eigenvalue weighted by Gasteiger charge is -2.54. The van der Waals surface area contributed by atoms with Gasteiger partial charge in [0.1, 0.15) is 6.54 Å². The summed E-state index contributed by atoms with van der Waals surface area (Å²) < 4.78 is 5.55. The van der Waals surface area contributed by atoms with Crippen molar-refractivity contribution in [1.82, 2.24) is 15.1 Å². The molecule has 2 heterocycles. The molecule has 3 aliphatic rings. The largest absolute Gasteiger partial charge is 0.480 e. The number of carboxylic acids is 1. The standard InChI is InChI=1S/C22H31N3O4/c1-24(2)19(16-13-29-14-16)22(17-6-4-3-5-7-17)10-8-21(9-11-22)15-25(12-18(26)27)20(28)23-21/h3-7,16,19H,8-15H2,1-2H3,(H,23,28)(H,26,27). The summed E-state index contributed by atoms with van der Waals surface area (Å²) >= 11 is 0. The van der Waals surface area contributed by atoms with Gasteiger partial charge >= 0.3 is 12.0 Å². The third-order valence-electron chi connectivity index (χ3n) is 7.16. The molecule has 2 amide bonds. The Balaban J connectivity index is 1.61. The maximum absolute atomic E-state index is 12.3. The van der Waals surface area contributed by atoms with Crippen molar-refractivity contribution >= 4 is 12.0 Å². The zero-order valence-electron chi connectivity index (χ0n) is 17.3. The van der Waals surface area contributed by atoms with E-state index in [0.717, 1.165) is 38.9 Å². The molecule has 0 bridgehead atoms.